The third-order valence-corrected chi connectivity index (χ3v) is 3.34. The average molecular weight is 279 g/mol. The van der Waals surface area contributed by atoms with Crippen LogP contribution in [-0.4, -0.2) is 23.5 Å². The van der Waals surface area contributed by atoms with Crippen molar-refractivity contribution in [2.24, 2.45) is 0 Å². The Bertz CT molecular complexity index is 569. The first-order valence-corrected chi connectivity index (χ1v) is 6.86. The molecule has 1 N–H and O–H groups in total. The lowest BCUT2D eigenvalue weighted by molar-refractivity contribution is 0.415. The molecule has 0 aliphatic carbocycles. The van der Waals surface area contributed by atoms with Crippen LogP contribution in [0.5, 0.6) is 5.75 Å². The van der Waals surface area contributed by atoms with E-state index in [0.29, 0.717) is 5.88 Å². The molecule has 3 nitrogen and oxygen atoms in total. The maximum Gasteiger partial charge on any atom is 0.134 e. The molecule has 2 rings (SSSR count). The molecule has 0 saturated heterocycles. The molecule has 102 valence electrons. The molecule has 1 aromatic heterocycles. The SMILES string of the molecule is COc1ccc2c(NC(C)(C)CCCl)nccc2c1. The summed E-state index contributed by atoms with van der Waals surface area (Å²) in [5.74, 6) is 2.36. The maximum atomic E-state index is 5.83. The van der Waals surface area contributed by atoms with Gasteiger partial charge in [-0.15, -0.1) is 11.6 Å². The number of hydrogen-bond donors (Lipinski definition) is 1. The van der Waals surface area contributed by atoms with Crippen LogP contribution in [0.15, 0.2) is 30.5 Å². The van der Waals surface area contributed by atoms with Crippen LogP contribution in [0.4, 0.5) is 5.82 Å². The molecule has 19 heavy (non-hydrogen) atoms. The van der Waals surface area contributed by atoms with Gasteiger partial charge in [-0.1, -0.05) is 0 Å². The number of hydrogen-bond acceptors (Lipinski definition) is 3. The number of aromatic nitrogens is 1. The zero-order valence-electron chi connectivity index (χ0n) is 11.5. The fourth-order valence-corrected chi connectivity index (χ4v) is 2.47. The highest BCUT2D eigenvalue weighted by molar-refractivity contribution is 6.17. The number of nitrogens with zero attached hydrogens (tertiary/aromatic N) is 1. The Hall–Kier alpha value is -1.48. The van der Waals surface area contributed by atoms with E-state index >= 15 is 0 Å². The number of methoxy groups -OCH3 is 1. The average Bonchev–Trinajstić information content (AvgIpc) is 2.38. The summed E-state index contributed by atoms with van der Waals surface area (Å²) in [6.07, 6.45) is 2.68. The first kappa shape index (κ1) is 13.9. The highest BCUT2D eigenvalue weighted by atomic mass is 35.5. The predicted octanol–water partition coefficient (Wildman–Crippen LogP) is 4.06. The lowest BCUT2D eigenvalue weighted by Crippen LogP contribution is -2.31. The number of nitrogens with one attached hydrogen (secondary N) is 1. The minimum Gasteiger partial charge on any atom is -0.497 e. The Kier molecular flexibility index (Phi) is 4.15. The minimum absolute atomic E-state index is 0.0804. The van der Waals surface area contributed by atoms with Crippen LogP contribution in [0.2, 0.25) is 0 Å². The Morgan fingerprint density at radius 1 is 1.32 bits per heavy atom. The van der Waals surface area contributed by atoms with Crippen molar-refractivity contribution >= 4 is 28.2 Å². The molecule has 2 aromatic rings. The molecule has 0 aliphatic rings. The molecule has 0 radical (unpaired) electrons. The van der Waals surface area contributed by atoms with Crippen LogP contribution in [0.3, 0.4) is 0 Å². The van der Waals surface area contributed by atoms with E-state index in [1.54, 1.807) is 13.3 Å². The summed E-state index contributed by atoms with van der Waals surface area (Å²) in [5.41, 5.74) is -0.0804. The molecule has 4 heteroatoms. The second-order valence-electron chi connectivity index (χ2n) is 5.19. The third kappa shape index (κ3) is 3.29. The maximum absolute atomic E-state index is 5.83. The van der Waals surface area contributed by atoms with Crippen LogP contribution < -0.4 is 10.1 Å². The molecule has 0 fully saturated rings. The summed E-state index contributed by atoms with van der Waals surface area (Å²) in [6.45, 7) is 4.25. The van der Waals surface area contributed by atoms with Gasteiger partial charge in [0.1, 0.15) is 11.6 Å². The molecule has 0 saturated carbocycles. The zero-order chi connectivity index (χ0) is 13.9. The monoisotopic (exact) mass is 278 g/mol. The number of ether oxygens (including phenoxy) is 1. The van der Waals surface area contributed by atoms with Gasteiger partial charge in [0, 0.05) is 23.0 Å². The molecule has 0 amide bonds. The molecular formula is C15H19ClN2O. The molecule has 0 spiro atoms. The number of halogens is 1. The first-order chi connectivity index (χ1) is 9.05. The Morgan fingerprint density at radius 2 is 2.11 bits per heavy atom. The topological polar surface area (TPSA) is 34.1 Å². The van der Waals surface area contributed by atoms with E-state index in [1.165, 1.54) is 0 Å². The Balaban J connectivity index is 2.38. The van der Waals surface area contributed by atoms with Crippen LogP contribution in [0, 0.1) is 0 Å². The van der Waals surface area contributed by atoms with Crippen LogP contribution in [-0.2, 0) is 0 Å². The largest absolute Gasteiger partial charge is 0.497 e. The van der Waals surface area contributed by atoms with Gasteiger partial charge < -0.3 is 10.1 Å². The minimum atomic E-state index is -0.0804. The molecule has 1 aromatic carbocycles. The van der Waals surface area contributed by atoms with Crippen molar-refractivity contribution in [2.45, 2.75) is 25.8 Å². The van der Waals surface area contributed by atoms with Crippen molar-refractivity contribution in [3.8, 4) is 5.75 Å². The quantitative estimate of drug-likeness (QED) is 0.838. The molecule has 0 aliphatic heterocycles. The van der Waals surface area contributed by atoms with Gasteiger partial charge in [0.15, 0.2) is 0 Å². The van der Waals surface area contributed by atoms with Gasteiger partial charge in [-0.25, -0.2) is 4.98 Å². The number of alkyl halides is 1. The number of fused-ring (bicyclic) bond motifs is 1. The van der Waals surface area contributed by atoms with Crippen molar-refractivity contribution < 1.29 is 4.74 Å². The smallest absolute Gasteiger partial charge is 0.134 e. The standard InChI is InChI=1S/C15H19ClN2O/c1-15(2,7-8-16)18-14-13-5-4-12(19-3)10-11(13)6-9-17-14/h4-6,9-10H,7-8H2,1-3H3,(H,17,18). The number of benzene rings is 1. The summed E-state index contributed by atoms with van der Waals surface area (Å²) in [5, 5.41) is 5.66. The van der Waals surface area contributed by atoms with E-state index in [4.69, 9.17) is 16.3 Å². The van der Waals surface area contributed by atoms with Gasteiger partial charge in [0.2, 0.25) is 0 Å². The molecule has 1 heterocycles. The number of rotatable bonds is 5. The first-order valence-electron chi connectivity index (χ1n) is 6.33. The highest BCUT2D eigenvalue weighted by Gasteiger charge is 2.18. The molecular weight excluding hydrogens is 260 g/mol. The summed E-state index contributed by atoms with van der Waals surface area (Å²) in [7, 11) is 1.67. The van der Waals surface area contributed by atoms with Crippen LogP contribution >= 0.6 is 11.6 Å². The van der Waals surface area contributed by atoms with Crippen molar-refractivity contribution in [2.75, 3.05) is 18.3 Å². The fraction of sp³-hybridized carbons (Fsp3) is 0.400. The summed E-state index contributed by atoms with van der Waals surface area (Å²) >= 11 is 5.83. The Morgan fingerprint density at radius 3 is 2.79 bits per heavy atom. The van der Waals surface area contributed by atoms with E-state index in [2.05, 4.69) is 24.1 Å². The van der Waals surface area contributed by atoms with Gasteiger partial charge in [-0.05, 0) is 49.9 Å². The highest BCUT2D eigenvalue weighted by Crippen LogP contribution is 2.27. The second kappa shape index (κ2) is 5.66. The van der Waals surface area contributed by atoms with E-state index in [9.17, 15) is 0 Å². The van der Waals surface area contributed by atoms with E-state index in [1.807, 2.05) is 24.3 Å². The van der Waals surface area contributed by atoms with Gasteiger partial charge in [0.05, 0.1) is 7.11 Å². The van der Waals surface area contributed by atoms with E-state index in [0.717, 1.165) is 28.8 Å². The molecule has 0 atom stereocenters. The molecule has 0 unspecified atom stereocenters. The summed E-state index contributed by atoms with van der Waals surface area (Å²) < 4.78 is 5.24. The fourth-order valence-electron chi connectivity index (χ4n) is 2.00. The van der Waals surface area contributed by atoms with Gasteiger partial charge in [-0.3, -0.25) is 0 Å². The van der Waals surface area contributed by atoms with Crippen LogP contribution in [0.25, 0.3) is 10.8 Å². The van der Waals surface area contributed by atoms with Crippen molar-refractivity contribution in [3.63, 3.8) is 0 Å². The van der Waals surface area contributed by atoms with Gasteiger partial charge >= 0.3 is 0 Å². The van der Waals surface area contributed by atoms with Crippen LogP contribution in [0.1, 0.15) is 20.3 Å². The van der Waals surface area contributed by atoms with Crippen molar-refractivity contribution in [1.29, 1.82) is 0 Å². The van der Waals surface area contributed by atoms with Crippen molar-refractivity contribution in [3.05, 3.63) is 30.5 Å². The van der Waals surface area contributed by atoms with Crippen molar-refractivity contribution in [1.82, 2.24) is 4.98 Å². The summed E-state index contributed by atoms with van der Waals surface area (Å²) in [4.78, 5) is 4.43. The lowest BCUT2D eigenvalue weighted by Gasteiger charge is -2.26. The predicted molar refractivity (Wildman–Crippen MR) is 81.3 cm³/mol. The number of pyridine rings is 1. The normalized spacial score (nSPS) is 11.6. The van der Waals surface area contributed by atoms with Gasteiger partial charge in [0.25, 0.3) is 0 Å². The van der Waals surface area contributed by atoms with E-state index < -0.39 is 0 Å². The number of anilines is 1. The van der Waals surface area contributed by atoms with E-state index in [-0.39, 0.29) is 5.54 Å². The van der Waals surface area contributed by atoms with Gasteiger partial charge in [-0.2, -0.15) is 0 Å². The Labute approximate surface area is 118 Å². The zero-order valence-corrected chi connectivity index (χ0v) is 12.3. The summed E-state index contributed by atoms with van der Waals surface area (Å²) in [6, 6.07) is 7.97. The molecule has 0 bridgehead atoms. The lowest BCUT2D eigenvalue weighted by atomic mass is 10.0. The third-order valence-electron chi connectivity index (χ3n) is 3.15. The second-order valence-corrected chi connectivity index (χ2v) is 5.57.